The number of carbonyl (C=O) groups is 1. The van der Waals surface area contributed by atoms with Crippen LogP contribution in [0.1, 0.15) is 40.5 Å². The average molecular weight is 371 g/mol. The van der Waals surface area contributed by atoms with Gasteiger partial charge in [-0.1, -0.05) is 13.8 Å². The summed E-state index contributed by atoms with van der Waals surface area (Å²) in [6.45, 7) is 8.74. The van der Waals surface area contributed by atoms with Crippen LogP contribution in [-0.2, 0) is 14.8 Å². The van der Waals surface area contributed by atoms with Crippen molar-refractivity contribution in [2.75, 3.05) is 23.7 Å². The first-order chi connectivity index (χ1) is 11.6. The topological polar surface area (TPSA) is 75.7 Å². The Morgan fingerprint density at radius 1 is 1.16 bits per heavy atom. The van der Waals surface area contributed by atoms with Gasteiger partial charge in [-0.25, -0.2) is 8.42 Å². The van der Waals surface area contributed by atoms with E-state index in [0.717, 1.165) is 12.7 Å². The van der Waals surface area contributed by atoms with Crippen molar-refractivity contribution < 1.29 is 17.9 Å². The molecule has 0 saturated heterocycles. The van der Waals surface area contributed by atoms with Crippen molar-refractivity contribution in [2.24, 2.45) is 5.92 Å². The maximum atomic E-state index is 12.1. The van der Waals surface area contributed by atoms with Crippen LogP contribution in [0.2, 0.25) is 0 Å². The number of rotatable bonds is 10. The number of sulfonamides is 1. The zero-order valence-corrected chi connectivity index (χ0v) is 16.6. The van der Waals surface area contributed by atoms with Crippen LogP contribution in [0.4, 0.5) is 5.69 Å². The van der Waals surface area contributed by atoms with Crippen molar-refractivity contribution in [3.05, 3.63) is 24.3 Å². The zero-order chi connectivity index (χ0) is 19.0. The van der Waals surface area contributed by atoms with Crippen molar-refractivity contribution >= 4 is 21.6 Å². The quantitative estimate of drug-likeness (QED) is 0.687. The first kappa shape index (κ1) is 21.3. The number of hydrogen-bond acceptors (Lipinski definition) is 4. The highest BCUT2D eigenvalue weighted by Crippen LogP contribution is 2.22. The van der Waals surface area contributed by atoms with Gasteiger partial charge >= 0.3 is 0 Å². The predicted octanol–water partition coefficient (Wildman–Crippen LogP) is 2.79. The molecule has 0 fully saturated rings. The lowest BCUT2D eigenvalue weighted by Gasteiger charge is -2.22. The van der Waals surface area contributed by atoms with Gasteiger partial charge in [0, 0.05) is 19.5 Å². The predicted molar refractivity (Wildman–Crippen MR) is 101 cm³/mol. The molecule has 1 rings (SSSR count). The number of hydrogen-bond donors (Lipinski definition) is 1. The molecule has 0 aliphatic carbocycles. The highest BCUT2D eigenvalue weighted by atomic mass is 32.2. The molecule has 142 valence electrons. The van der Waals surface area contributed by atoms with E-state index in [1.54, 1.807) is 24.3 Å². The van der Waals surface area contributed by atoms with Gasteiger partial charge in [-0.05, 0) is 50.5 Å². The molecule has 0 bridgehead atoms. The molecule has 1 amide bonds. The molecule has 0 radical (unpaired) electrons. The summed E-state index contributed by atoms with van der Waals surface area (Å²) < 4.78 is 31.0. The molecule has 1 aromatic carbocycles. The van der Waals surface area contributed by atoms with E-state index in [1.165, 1.54) is 4.31 Å². The van der Waals surface area contributed by atoms with Crippen molar-refractivity contribution in [3.63, 3.8) is 0 Å². The normalized spacial score (nSPS) is 11.6. The van der Waals surface area contributed by atoms with Gasteiger partial charge in [0.25, 0.3) is 0 Å². The SMILES string of the molecule is CC(C)CCNC(=O)CCN(c1ccc(OC(C)C)cc1)S(C)(=O)=O. The third-order valence-corrected chi connectivity index (χ3v) is 4.68. The Labute approximate surface area is 151 Å². The van der Waals surface area contributed by atoms with Gasteiger partial charge in [0.05, 0.1) is 18.0 Å². The molecule has 0 spiro atoms. The highest BCUT2D eigenvalue weighted by Gasteiger charge is 2.18. The number of nitrogens with zero attached hydrogens (tertiary/aromatic N) is 1. The Bertz CT molecular complexity index is 640. The van der Waals surface area contributed by atoms with E-state index in [1.807, 2.05) is 13.8 Å². The lowest BCUT2D eigenvalue weighted by atomic mass is 10.1. The molecule has 0 heterocycles. The lowest BCUT2D eigenvalue weighted by molar-refractivity contribution is -0.120. The number of carbonyl (C=O) groups excluding carboxylic acids is 1. The van der Waals surface area contributed by atoms with Crippen LogP contribution in [0.15, 0.2) is 24.3 Å². The van der Waals surface area contributed by atoms with Gasteiger partial charge in [0.1, 0.15) is 5.75 Å². The van der Waals surface area contributed by atoms with Crippen LogP contribution < -0.4 is 14.4 Å². The van der Waals surface area contributed by atoms with Crippen LogP contribution in [0.5, 0.6) is 5.75 Å². The minimum atomic E-state index is -3.47. The monoisotopic (exact) mass is 370 g/mol. The van der Waals surface area contributed by atoms with E-state index in [2.05, 4.69) is 19.2 Å². The number of ether oxygens (including phenoxy) is 1. The van der Waals surface area contributed by atoms with E-state index in [0.29, 0.717) is 23.9 Å². The Morgan fingerprint density at radius 2 is 1.76 bits per heavy atom. The second-order valence-corrected chi connectivity index (χ2v) is 8.68. The van der Waals surface area contributed by atoms with Gasteiger partial charge in [-0.2, -0.15) is 0 Å². The third kappa shape index (κ3) is 8.25. The fraction of sp³-hybridized carbons (Fsp3) is 0.611. The van der Waals surface area contributed by atoms with Crippen LogP contribution in [0.3, 0.4) is 0 Å². The largest absolute Gasteiger partial charge is 0.491 e. The number of benzene rings is 1. The smallest absolute Gasteiger partial charge is 0.232 e. The fourth-order valence-electron chi connectivity index (χ4n) is 2.24. The fourth-order valence-corrected chi connectivity index (χ4v) is 3.17. The van der Waals surface area contributed by atoms with Crippen LogP contribution in [0.25, 0.3) is 0 Å². The van der Waals surface area contributed by atoms with Crippen molar-refractivity contribution in [1.82, 2.24) is 5.32 Å². The zero-order valence-electron chi connectivity index (χ0n) is 15.8. The summed E-state index contributed by atoms with van der Waals surface area (Å²) >= 11 is 0. The van der Waals surface area contributed by atoms with Crippen molar-refractivity contribution in [1.29, 1.82) is 0 Å². The van der Waals surface area contributed by atoms with Gasteiger partial charge < -0.3 is 10.1 Å². The molecule has 1 aromatic rings. The second kappa shape index (κ2) is 9.65. The molecule has 0 aromatic heterocycles. The number of nitrogens with one attached hydrogen (secondary N) is 1. The standard InChI is InChI=1S/C18H30N2O4S/c1-14(2)10-12-19-18(21)11-13-20(25(5,22)23)16-6-8-17(9-7-16)24-15(3)4/h6-9,14-15H,10-13H2,1-5H3,(H,19,21). The Hall–Kier alpha value is -1.76. The molecule has 25 heavy (non-hydrogen) atoms. The van der Waals surface area contributed by atoms with E-state index in [9.17, 15) is 13.2 Å². The van der Waals surface area contributed by atoms with E-state index in [4.69, 9.17) is 4.74 Å². The number of amides is 1. The molecule has 7 heteroatoms. The molecule has 0 aliphatic rings. The molecule has 0 atom stereocenters. The molecular weight excluding hydrogens is 340 g/mol. The molecular formula is C18H30N2O4S. The molecule has 0 unspecified atom stereocenters. The van der Waals surface area contributed by atoms with Crippen LogP contribution in [-0.4, -0.2) is 39.8 Å². The second-order valence-electron chi connectivity index (χ2n) is 6.78. The minimum Gasteiger partial charge on any atom is -0.491 e. The highest BCUT2D eigenvalue weighted by molar-refractivity contribution is 7.92. The van der Waals surface area contributed by atoms with Crippen molar-refractivity contribution in [3.8, 4) is 5.75 Å². The Morgan fingerprint density at radius 3 is 2.24 bits per heavy atom. The van der Waals surface area contributed by atoms with Crippen molar-refractivity contribution in [2.45, 2.75) is 46.6 Å². The summed E-state index contributed by atoms with van der Waals surface area (Å²) in [6, 6.07) is 6.84. The average Bonchev–Trinajstić information content (AvgIpc) is 2.46. The maximum absolute atomic E-state index is 12.1. The Kier molecular flexibility index (Phi) is 8.22. The summed E-state index contributed by atoms with van der Waals surface area (Å²) in [5, 5.41) is 2.82. The lowest BCUT2D eigenvalue weighted by Crippen LogP contribution is -2.35. The third-order valence-electron chi connectivity index (χ3n) is 3.48. The molecule has 6 nitrogen and oxygen atoms in total. The summed E-state index contributed by atoms with van der Waals surface area (Å²) in [4.78, 5) is 11.9. The van der Waals surface area contributed by atoms with E-state index >= 15 is 0 Å². The minimum absolute atomic E-state index is 0.0476. The van der Waals surface area contributed by atoms with Gasteiger partial charge in [-0.15, -0.1) is 0 Å². The Balaban J connectivity index is 2.71. The number of anilines is 1. The summed E-state index contributed by atoms with van der Waals surface area (Å²) in [5.74, 6) is 1.05. The van der Waals surface area contributed by atoms with E-state index < -0.39 is 10.0 Å². The van der Waals surface area contributed by atoms with Crippen LogP contribution in [0, 0.1) is 5.92 Å². The molecule has 0 saturated carbocycles. The summed E-state index contributed by atoms with van der Waals surface area (Å²) in [7, 11) is -3.47. The summed E-state index contributed by atoms with van der Waals surface area (Å²) in [6.07, 6.45) is 2.21. The van der Waals surface area contributed by atoms with Crippen LogP contribution >= 0.6 is 0 Å². The first-order valence-electron chi connectivity index (χ1n) is 8.60. The molecule has 1 N–H and O–H groups in total. The van der Waals surface area contributed by atoms with Gasteiger partial charge in [0.15, 0.2) is 0 Å². The maximum Gasteiger partial charge on any atom is 0.232 e. The van der Waals surface area contributed by atoms with Gasteiger partial charge in [0.2, 0.25) is 15.9 Å². The molecule has 0 aliphatic heterocycles. The summed E-state index contributed by atoms with van der Waals surface area (Å²) in [5.41, 5.74) is 0.522. The first-order valence-corrected chi connectivity index (χ1v) is 10.5. The van der Waals surface area contributed by atoms with E-state index in [-0.39, 0.29) is 25.0 Å². The van der Waals surface area contributed by atoms with Gasteiger partial charge in [-0.3, -0.25) is 9.10 Å².